The molecule has 0 atom stereocenters. The Kier molecular flexibility index (Phi) is 3.28. The van der Waals surface area contributed by atoms with Crippen LogP contribution in [-0.2, 0) is 6.18 Å². The highest BCUT2D eigenvalue weighted by Crippen LogP contribution is 2.29. The molecule has 1 aromatic carbocycles. The fourth-order valence-electron chi connectivity index (χ4n) is 1.41. The molecule has 2 rings (SSSR count). The molecule has 0 bridgehead atoms. The summed E-state index contributed by atoms with van der Waals surface area (Å²) in [4.78, 5) is 15.5. The topological polar surface area (TPSA) is 55.1 Å². The van der Waals surface area contributed by atoms with Gasteiger partial charge < -0.3 is 9.73 Å². The number of anilines is 1. The van der Waals surface area contributed by atoms with Crippen LogP contribution in [0.3, 0.4) is 0 Å². The van der Waals surface area contributed by atoms with E-state index in [0.717, 1.165) is 12.1 Å². The van der Waals surface area contributed by atoms with Crippen molar-refractivity contribution in [3.05, 3.63) is 47.7 Å². The lowest BCUT2D eigenvalue weighted by Crippen LogP contribution is -2.12. The fourth-order valence-corrected chi connectivity index (χ4v) is 1.41. The Morgan fingerprint density at radius 1 is 1.26 bits per heavy atom. The van der Waals surface area contributed by atoms with Gasteiger partial charge in [-0.1, -0.05) is 0 Å². The van der Waals surface area contributed by atoms with E-state index >= 15 is 0 Å². The van der Waals surface area contributed by atoms with Crippen molar-refractivity contribution >= 4 is 11.6 Å². The maximum atomic E-state index is 12.3. The number of aromatic nitrogens is 1. The van der Waals surface area contributed by atoms with E-state index in [-0.39, 0.29) is 11.4 Å². The number of hydrogen-bond donors (Lipinski definition) is 1. The summed E-state index contributed by atoms with van der Waals surface area (Å²) < 4.78 is 41.9. The van der Waals surface area contributed by atoms with Gasteiger partial charge in [0.25, 0.3) is 5.91 Å². The zero-order valence-corrected chi connectivity index (χ0v) is 9.78. The Morgan fingerprint density at radius 3 is 2.37 bits per heavy atom. The molecule has 1 aromatic heterocycles. The molecule has 1 heterocycles. The Labute approximate surface area is 106 Å². The van der Waals surface area contributed by atoms with E-state index in [0.29, 0.717) is 5.89 Å². The molecule has 4 nitrogen and oxygen atoms in total. The number of nitrogens with zero attached hydrogens (tertiary/aromatic N) is 1. The second-order valence-corrected chi connectivity index (χ2v) is 3.78. The Morgan fingerprint density at radius 2 is 1.89 bits per heavy atom. The number of alkyl halides is 3. The predicted molar refractivity (Wildman–Crippen MR) is 60.6 cm³/mol. The van der Waals surface area contributed by atoms with Crippen LogP contribution in [0.1, 0.15) is 21.9 Å². The lowest BCUT2D eigenvalue weighted by Gasteiger charge is -2.07. The molecule has 0 aliphatic heterocycles. The van der Waals surface area contributed by atoms with Crippen molar-refractivity contribution in [2.75, 3.05) is 5.32 Å². The molecule has 1 amide bonds. The minimum atomic E-state index is -4.40. The van der Waals surface area contributed by atoms with E-state index in [4.69, 9.17) is 4.42 Å². The van der Waals surface area contributed by atoms with E-state index in [1.807, 2.05) is 0 Å². The van der Waals surface area contributed by atoms with E-state index in [9.17, 15) is 18.0 Å². The van der Waals surface area contributed by atoms with Crippen molar-refractivity contribution in [3.8, 4) is 0 Å². The summed E-state index contributed by atoms with van der Waals surface area (Å²) >= 11 is 0. The predicted octanol–water partition coefficient (Wildman–Crippen LogP) is 3.25. The number of carbonyl (C=O) groups is 1. The van der Waals surface area contributed by atoms with Crippen LogP contribution in [-0.4, -0.2) is 10.9 Å². The number of rotatable bonds is 2. The van der Waals surface area contributed by atoms with Crippen molar-refractivity contribution in [1.29, 1.82) is 0 Å². The third-order valence-corrected chi connectivity index (χ3v) is 2.32. The van der Waals surface area contributed by atoms with Crippen LogP contribution in [0.15, 0.2) is 34.9 Å². The third kappa shape index (κ3) is 3.12. The molecule has 0 unspecified atom stereocenters. The minimum absolute atomic E-state index is 0.0670. The highest BCUT2D eigenvalue weighted by molar-refractivity contribution is 6.02. The summed E-state index contributed by atoms with van der Waals surface area (Å²) in [5.41, 5.74) is -0.459. The van der Waals surface area contributed by atoms with Crippen LogP contribution < -0.4 is 5.32 Å². The second kappa shape index (κ2) is 4.75. The van der Waals surface area contributed by atoms with E-state index in [1.165, 1.54) is 18.4 Å². The molecule has 100 valence electrons. The molecule has 0 fully saturated rings. The third-order valence-electron chi connectivity index (χ3n) is 2.32. The van der Waals surface area contributed by atoms with Gasteiger partial charge in [0, 0.05) is 12.6 Å². The summed E-state index contributed by atoms with van der Waals surface area (Å²) in [5, 5.41) is 2.42. The van der Waals surface area contributed by atoms with Crippen LogP contribution in [0.2, 0.25) is 0 Å². The molecular formula is C12H9F3N2O2. The largest absolute Gasteiger partial charge is 0.448 e. The lowest BCUT2D eigenvalue weighted by molar-refractivity contribution is -0.137. The standard InChI is InChI=1S/C12H9F3N2O2/c1-7-16-10(6-19-7)11(18)17-9-4-2-8(3-5-9)12(13,14)15/h2-6H,1H3,(H,17,18). The first kappa shape index (κ1) is 13.1. The number of benzene rings is 1. The first-order chi connectivity index (χ1) is 8.86. The fraction of sp³-hybridized carbons (Fsp3) is 0.167. The van der Waals surface area contributed by atoms with E-state index < -0.39 is 17.6 Å². The molecule has 0 saturated carbocycles. The van der Waals surface area contributed by atoms with Crippen molar-refractivity contribution in [1.82, 2.24) is 4.98 Å². The number of hydrogen-bond acceptors (Lipinski definition) is 3. The first-order valence-electron chi connectivity index (χ1n) is 5.27. The molecule has 7 heteroatoms. The van der Waals surface area contributed by atoms with Gasteiger partial charge in [0.05, 0.1) is 5.56 Å². The first-order valence-corrected chi connectivity index (χ1v) is 5.27. The smallest absolute Gasteiger partial charge is 0.416 e. The van der Waals surface area contributed by atoms with Crippen molar-refractivity contribution in [2.45, 2.75) is 13.1 Å². The van der Waals surface area contributed by atoms with Crippen molar-refractivity contribution in [2.24, 2.45) is 0 Å². The van der Waals surface area contributed by atoms with Crippen molar-refractivity contribution in [3.63, 3.8) is 0 Å². The molecule has 0 aliphatic carbocycles. The normalized spacial score (nSPS) is 11.4. The van der Waals surface area contributed by atoms with Gasteiger partial charge in [-0.3, -0.25) is 4.79 Å². The Balaban J connectivity index is 2.10. The number of aryl methyl sites for hydroxylation is 1. The molecular weight excluding hydrogens is 261 g/mol. The SMILES string of the molecule is Cc1nc(C(=O)Nc2ccc(C(F)(F)F)cc2)co1. The highest BCUT2D eigenvalue weighted by atomic mass is 19.4. The average Bonchev–Trinajstić information content (AvgIpc) is 2.75. The number of nitrogens with one attached hydrogen (secondary N) is 1. The highest BCUT2D eigenvalue weighted by Gasteiger charge is 2.30. The minimum Gasteiger partial charge on any atom is -0.448 e. The van der Waals surface area contributed by atoms with Gasteiger partial charge in [0.2, 0.25) is 0 Å². The quantitative estimate of drug-likeness (QED) is 0.911. The van der Waals surface area contributed by atoms with Gasteiger partial charge in [-0.25, -0.2) is 4.98 Å². The monoisotopic (exact) mass is 270 g/mol. The summed E-state index contributed by atoms with van der Waals surface area (Å²) in [6, 6.07) is 4.13. The van der Waals surface area contributed by atoms with Gasteiger partial charge in [0.1, 0.15) is 6.26 Å². The number of halogens is 3. The summed E-state index contributed by atoms with van der Waals surface area (Å²) in [6.07, 6.45) is -3.22. The molecule has 0 saturated heterocycles. The van der Waals surface area contributed by atoms with Crippen LogP contribution >= 0.6 is 0 Å². The van der Waals surface area contributed by atoms with Gasteiger partial charge in [-0.2, -0.15) is 13.2 Å². The second-order valence-electron chi connectivity index (χ2n) is 3.78. The van der Waals surface area contributed by atoms with Gasteiger partial charge in [-0.15, -0.1) is 0 Å². The maximum absolute atomic E-state index is 12.3. The Bertz CT molecular complexity index is 588. The van der Waals surface area contributed by atoms with Crippen molar-refractivity contribution < 1.29 is 22.4 Å². The van der Waals surface area contributed by atoms with Crippen LogP contribution in [0.5, 0.6) is 0 Å². The molecule has 1 N–H and O–H groups in total. The molecule has 0 aliphatic rings. The van der Waals surface area contributed by atoms with Gasteiger partial charge in [0.15, 0.2) is 11.6 Å². The lowest BCUT2D eigenvalue weighted by atomic mass is 10.2. The zero-order chi connectivity index (χ0) is 14.0. The van der Waals surface area contributed by atoms with E-state index in [1.54, 1.807) is 6.92 Å². The van der Waals surface area contributed by atoms with Crippen LogP contribution in [0, 0.1) is 6.92 Å². The summed E-state index contributed by atoms with van der Waals surface area (Å²) in [5.74, 6) is -0.214. The molecule has 0 radical (unpaired) electrons. The molecule has 0 spiro atoms. The average molecular weight is 270 g/mol. The van der Waals surface area contributed by atoms with Gasteiger partial charge >= 0.3 is 6.18 Å². The summed E-state index contributed by atoms with van der Waals surface area (Å²) in [7, 11) is 0. The van der Waals surface area contributed by atoms with E-state index in [2.05, 4.69) is 10.3 Å². The molecule has 19 heavy (non-hydrogen) atoms. The number of oxazole rings is 1. The van der Waals surface area contributed by atoms with Crippen LogP contribution in [0.25, 0.3) is 0 Å². The number of carbonyl (C=O) groups excluding carboxylic acids is 1. The maximum Gasteiger partial charge on any atom is 0.416 e. The van der Waals surface area contributed by atoms with Gasteiger partial charge in [-0.05, 0) is 24.3 Å². The molecule has 2 aromatic rings. The Hall–Kier alpha value is -2.31. The zero-order valence-electron chi connectivity index (χ0n) is 9.78. The summed E-state index contributed by atoms with van der Waals surface area (Å²) in [6.45, 7) is 1.58. The number of amides is 1. The van der Waals surface area contributed by atoms with Crippen LogP contribution in [0.4, 0.5) is 18.9 Å².